The van der Waals surface area contributed by atoms with Gasteiger partial charge in [0.1, 0.15) is 0 Å². The van der Waals surface area contributed by atoms with Gasteiger partial charge in [-0.05, 0) is 20.8 Å². The lowest BCUT2D eigenvalue weighted by Gasteiger charge is -2.14. The molecule has 0 aromatic carbocycles. The Morgan fingerprint density at radius 1 is 1.60 bits per heavy atom. The molecule has 1 amide bonds. The normalized spacial score (nSPS) is 15.8. The van der Waals surface area contributed by atoms with E-state index in [1.54, 1.807) is 6.92 Å². The van der Waals surface area contributed by atoms with Crippen molar-refractivity contribution in [2.45, 2.75) is 26.9 Å². The van der Waals surface area contributed by atoms with E-state index in [2.05, 4.69) is 10.5 Å². The molecule has 0 aromatic rings. The summed E-state index contributed by atoms with van der Waals surface area (Å²) >= 11 is 0. The highest BCUT2D eigenvalue weighted by Crippen LogP contribution is 1.95. The summed E-state index contributed by atoms with van der Waals surface area (Å²) in [7, 11) is 0. The Balaban J connectivity index is 3.93. The lowest BCUT2D eigenvalue weighted by atomic mass is 10.1. The van der Waals surface area contributed by atoms with E-state index in [0.717, 1.165) is 0 Å². The third-order valence-corrected chi connectivity index (χ3v) is 1.97. The minimum Gasteiger partial charge on any atom is -0.409 e. The topological polar surface area (TPSA) is 96.9 Å². The van der Waals surface area contributed by atoms with Gasteiger partial charge in [-0.2, -0.15) is 0 Å². The highest BCUT2D eigenvalue weighted by atomic mass is 16.5. The molecule has 0 heterocycles. The first-order chi connectivity index (χ1) is 7.02. The zero-order valence-electron chi connectivity index (χ0n) is 9.36. The Morgan fingerprint density at radius 2 is 2.20 bits per heavy atom. The minimum atomic E-state index is -0.635. The number of amides is 1. The number of nitrogens with zero attached hydrogens (tertiary/aromatic N) is 1. The first-order valence-electron chi connectivity index (χ1n) is 4.89. The van der Waals surface area contributed by atoms with Gasteiger partial charge in [-0.25, -0.2) is 0 Å². The van der Waals surface area contributed by atoms with Gasteiger partial charge in [0, 0.05) is 13.2 Å². The van der Waals surface area contributed by atoms with Gasteiger partial charge in [-0.3, -0.25) is 4.79 Å². The maximum atomic E-state index is 11.4. The van der Waals surface area contributed by atoms with Crippen molar-refractivity contribution in [1.29, 1.82) is 0 Å². The summed E-state index contributed by atoms with van der Waals surface area (Å²) in [5, 5.41) is 13.8. The zero-order chi connectivity index (χ0) is 11.8. The van der Waals surface area contributed by atoms with E-state index < -0.39 is 5.92 Å². The molecule has 0 fully saturated rings. The fourth-order valence-electron chi connectivity index (χ4n) is 0.962. The summed E-state index contributed by atoms with van der Waals surface area (Å²) in [6, 6.07) is 0. The third kappa shape index (κ3) is 5.21. The first-order valence-corrected chi connectivity index (χ1v) is 4.89. The van der Waals surface area contributed by atoms with Crippen LogP contribution in [0.1, 0.15) is 20.8 Å². The molecule has 6 nitrogen and oxygen atoms in total. The number of hydrogen-bond donors (Lipinski definition) is 3. The van der Waals surface area contributed by atoms with E-state index in [0.29, 0.717) is 13.2 Å². The van der Waals surface area contributed by atoms with Gasteiger partial charge in [-0.1, -0.05) is 5.16 Å². The fourth-order valence-corrected chi connectivity index (χ4v) is 0.962. The molecule has 0 aromatic heterocycles. The van der Waals surface area contributed by atoms with E-state index in [9.17, 15) is 4.79 Å². The van der Waals surface area contributed by atoms with Gasteiger partial charge in [0.15, 0.2) is 5.84 Å². The number of nitrogens with one attached hydrogen (secondary N) is 1. The number of oxime groups is 1. The predicted octanol–water partition coefficient (Wildman–Crippen LogP) is -0.0899. The second kappa shape index (κ2) is 7.05. The monoisotopic (exact) mass is 217 g/mol. The maximum absolute atomic E-state index is 11.4. The molecule has 0 saturated carbocycles. The molecule has 88 valence electrons. The molecule has 4 N–H and O–H groups in total. The van der Waals surface area contributed by atoms with Crippen LogP contribution in [0.15, 0.2) is 5.16 Å². The van der Waals surface area contributed by atoms with Crippen molar-refractivity contribution in [3.8, 4) is 0 Å². The minimum absolute atomic E-state index is 0.0431. The first kappa shape index (κ1) is 13.7. The second-order valence-electron chi connectivity index (χ2n) is 3.26. The smallest absolute Gasteiger partial charge is 0.230 e. The van der Waals surface area contributed by atoms with Crippen LogP contribution >= 0.6 is 0 Å². The van der Waals surface area contributed by atoms with Crippen molar-refractivity contribution >= 4 is 11.7 Å². The van der Waals surface area contributed by atoms with Crippen molar-refractivity contribution in [2.75, 3.05) is 13.2 Å². The van der Waals surface area contributed by atoms with Gasteiger partial charge in [0.2, 0.25) is 5.91 Å². The molecule has 2 atom stereocenters. The Kier molecular flexibility index (Phi) is 6.44. The average Bonchev–Trinajstić information content (AvgIpc) is 2.24. The number of amidine groups is 1. The van der Waals surface area contributed by atoms with E-state index in [-0.39, 0.29) is 17.8 Å². The van der Waals surface area contributed by atoms with Gasteiger partial charge in [-0.15, -0.1) is 0 Å². The van der Waals surface area contributed by atoms with Crippen molar-refractivity contribution in [3.05, 3.63) is 0 Å². The average molecular weight is 217 g/mol. The fraction of sp³-hybridized carbons (Fsp3) is 0.778. The van der Waals surface area contributed by atoms with E-state index >= 15 is 0 Å². The Labute approximate surface area is 89.5 Å². The Bertz CT molecular complexity index is 231. The largest absolute Gasteiger partial charge is 0.409 e. The van der Waals surface area contributed by atoms with Crippen LogP contribution < -0.4 is 11.1 Å². The van der Waals surface area contributed by atoms with Crippen LogP contribution in [0.4, 0.5) is 0 Å². The third-order valence-electron chi connectivity index (χ3n) is 1.97. The quantitative estimate of drug-likeness (QED) is 0.251. The molecule has 0 spiro atoms. The second-order valence-corrected chi connectivity index (χ2v) is 3.26. The van der Waals surface area contributed by atoms with Crippen LogP contribution in [0, 0.1) is 5.92 Å². The molecular formula is C9H19N3O3. The number of ether oxygens (including phenoxy) is 1. The van der Waals surface area contributed by atoms with E-state index in [4.69, 9.17) is 15.7 Å². The number of carbonyl (C=O) groups is 1. The summed E-state index contributed by atoms with van der Waals surface area (Å²) in [5.74, 6) is -1.02. The maximum Gasteiger partial charge on any atom is 0.230 e. The highest BCUT2D eigenvalue weighted by molar-refractivity contribution is 6.01. The summed E-state index contributed by atoms with van der Waals surface area (Å²) in [4.78, 5) is 11.4. The summed E-state index contributed by atoms with van der Waals surface area (Å²) in [5.41, 5.74) is 5.29. The van der Waals surface area contributed by atoms with Crippen LogP contribution in [0.5, 0.6) is 0 Å². The Hall–Kier alpha value is -1.30. The molecule has 15 heavy (non-hydrogen) atoms. The van der Waals surface area contributed by atoms with Crippen molar-refractivity contribution < 1.29 is 14.7 Å². The number of rotatable bonds is 6. The lowest BCUT2D eigenvalue weighted by Crippen LogP contribution is -2.40. The van der Waals surface area contributed by atoms with E-state index in [1.165, 1.54) is 0 Å². The molecule has 0 aliphatic carbocycles. The van der Waals surface area contributed by atoms with Crippen molar-refractivity contribution in [1.82, 2.24) is 5.32 Å². The van der Waals surface area contributed by atoms with Gasteiger partial charge in [0.25, 0.3) is 0 Å². The van der Waals surface area contributed by atoms with Crippen molar-refractivity contribution in [3.63, 3.8) is 0 Å². The molecule has 0 radical (unpaired) electrons. The molecule has 0 aliphatic rings. The van der Waals surface area contributed by atoms with Crippen molar-refractivity contribution in [2.24, 2.45) is 16.8 Å². The Morgan fingerprint density at radius 3 is 2.67 bits per heavy atom. The molecule has 0 aliphatic heterocycles. The summed E-state index contributed by atoms with van der Waals surface area (Å²) in [6.45, 7) is 6.33. The van der Waals surface area contributed by atoms with Crippen LogP contribution in [-0.2, 0) is 9.53 Å². The van der Waals surface area contributed by atoms with Gasteiger partial charge < -0.3 is 21.0 Å². The number of carbonyl (C=O) groups excluding carboxylic acids is 1. The summed E-state index contributed by atoms with van der Waals surface area (Å²) < 4.78 is 5.23. The van der Waals surface area contributed by atoms with Crippen LogP contribution in [0.3, 0.4) is 0 Å². The molecule has 0 bridgehead atoms. The number of nitrogens with two attached hydrogens (primary N) is 1. The van der Waals surface area contributed by atoms with E-state index in [1.807, 2.05) is 13.8 Å². The van der Waals surface area contributed by atoms with Gasteiger partial charge in [0.05, 0.1) is 12.0 Å². The zero-order valence-corrected chi connectivity index (χ0v) is 9.36. The van der Waals surface area contributed by atoms with Gasteiger partial charge >= 0.3 is 0 Å². The molecule has 0 saturated heterocycles. The molecule has 2 unspecified atom stereocenters. The molecular weight excluding hydrogens is 198 g/mol. The molecule has 6 heteroatoms. The summed E-state index contributed by atoms with van der Waals surface area (Å²) in [6.07, 6.45) is -0.0431. The highest BCUT2D eigenvalue weighted by Gasteiger charge is 2.17. The lowest BCUT2D eigenvalue weighted by molar-refractivity contribution is -0.123. The van der Waals surface area contributed by atoms with Crippen LogP contribution in [0.2, 0.25) is 0 Å². The molecule has 0 rings (SSSR count). The van der Waals surface area contributed by atoms with Crippen LogP contribution in [-0.4, -0.2) is 36.2 Å². The number of hydrogen-bond acceptors (Lipinski definition) is 4. The predicted molar refractivity (Wildman–Crippen MR) is 56.7 cm³/mol. The SMILES string of the molecule is CCOC(C)CNC(=O)C(C)C(N)=NO. The van der Waals surface area contributed by atoms with Crippen LogP contribution in [0.25, 0.3) is 0 Å². The standard InChI is InChI=1S/C9H19N3O3/c1-4-15-6(2)5-11-9(13)7(3)8(10)12-14/h6-7,14H,4-5H2,1-3H3,(H2,10,12)(H,11,13).